The second-order valence-electron chi connectivity index (χ2n) is 8.00. The molecule has 0 spiro atoms. The summed E-state index contributed by atoms with van der Waals surface area (Å²) in [7, 11) is 0. The van der Waals surface area contributed by atoms with Gasteiger partial charge in [-0.3, -0.25) is 9.59 Å². The lowest BCUT2D eigenvalue weighted by molar-refractivity contribution is -0.139. The van der Waals surface area contributed by atoms with E-state index in [9.17, 15) is 18.8 Å². The van der Waals surface area contributed by atoms with E-state index in [4.69, 9.17) is 21.4 Å². The van der Waals surface area contributed by atoms with Crippen LogP contribution in [0.25, 0.3) is 0 Å². The van der Waals surface area contributed by atoms with Gasteiger partial charge in [-0.15, -0.1) is 11.8 Å². The van der Waals surface area contributed by atoms with Crippen molar-refractivity contribution in [1.82, 2.24) is 0 Å². The highest BCUT2D eigenvalue weighted by Crippen LogP contribution is 2.45. The fourth-order valence-electron chi connectivity index (χ4n) is 3.81. The number of ketones is 1. The molecule has 0 bridgehead atoms. The molecule has 180 valence electrons. The lowest BCUT2D eigenvalue weighted by atomic mass is 9.92. The molecule has 2 atom stereocenters. The number of carboxylic acid groups (broad SMARTS) is 1. The molecule has 0 saturated carbocycles. The van der Waals surface area contributed by atoms with E-state index in [1.165, 1.54) is 36.0 Å². The van der Waals surface area contributed by atoms with Crippen molar-refractivity contribution in [2.75, 3.05) is 17.3 Å². The van der Waals surface area contributed by atoms with Gasteiger partial charge in [-0.1, -0.05) is 23.7 Å². The molecule has 1 saturated heterocycles. The highest BCUT2D eigenvalue weighted by molar-refractivity contribution is 8.01. The fourth-order valence-corrected chi connectivity index (χ4v) is 5.14. The maximum atomic E-state index is 13.5. The number of aliphatic carboxylic acids is 1. The standard InChI is InChI=1S/C26H21ClFNO5S/c1-15-12-17(4-11-21(15)27)22(30)14-35-25-24(16-2-9-20(10-3-16)34-13-23(31)32)29(26(25)33)19-7-5-18(28)6-8-19/h2-12,24-25H,13-14H2,1H3,(H,31,32). The first-order valence-corrected chi connectivity index (χ1v) is 12.1. The minimum absolute atomic E-state index is 0.102. The Morgan fingerprint density at radius 3 is 2.40 bits per heavy atom. The highest BCUT2D eigenvalue weighted by Gasteiger charge is 2.49. The summed E-state index contributed by atoms with van der Waals surface area (Å²) < 4.78 is 18.6. The lowest BCUT2D eigenvalue weighted by Crippen LogP contribution is -2.57. The van der Waals surface area contributed by atoms with Gasteiger partial charge in [0.15, 0.2) is 12.4 Å². The van der Waals surface area contributed by atoms with Gasteiger partial charge in [0.05, 0.1) is 11.8 Å². The number of rotatable bonds is 9. The van der Waals surface area contributed by atoms with Crippen LogP contribution in [0.3, 0.4) is 0 Å². The predicted molar refractivity (Wildman–Crippen MR) is 133 cm³/mol. The van der Waals surface area contributed by atoms with E-state index in [2.05, 4.69) is 0 Å². The molecule has 1 aliphatic rings. The number of benzene rings is 3. The molecule has 35 heavy (non-hydrogen) atoms. The first kappa shape index (κ1) is 24.8. The zero-order chi connectivity index (χ0) is 25.1. The number of thioether (sulfide) groups is 1. The summed E-state index contributed by atoms with van der Waals surface area (Å²) in [6.45, 7) is 1.36. The minimum atomic E-state index is -1.09. The molecular formula is C26H21ClFNO5S. The van der Waals surface area contributed by atoms with E-state index in [-0.39, 0.29) is 17.4 Å². The average molecular weight is 514 g/mol. The maximum absolute atomic E-state index is 13.5. The molecule has 1 heterocycles. The van der Waals surface area contributed by atoms with Crippen LogP contribution in [-0.4, -0.2) is 40.4 Å². The Morgan fingerprint density at radius 1 is 1.09 bits per heavy atom. The van der Waals surface area contributed by atoms with Gasteiger partial charge in [0.1, 0.15) is 16.8 Å². The number of aryl methyl sites for hydroxylation is 1. The SMILES string of the molecule is Cc1cc(C(=O)CSC2C(=O)N(c3ccc(F)cc3)C2c2ccc(OCC(=O)O)cc2)ccc1Cl. The Bertz CT molecular complexity index is 1270. The van der Waals surface area contributed by atoms with Gasteiger partial charge < -0.3 is 14.7 Å². The molecule has 4 rings (SSSR count). The number of β-lactam (4-membered cyclic amide) rings is 1. The number of Topliss-reactive ketones (excluding diaryl/α,β-unsaturated/α-hetero) is 1. The summed E-state index contributed by atoms with van der Waals surface area (Å²) in [5, 5.41) is 8.84. The summed E-state index contributed by atoms with van der Waals surface area (Å²) in [5.74, 6) is -1.30. The van der Waals surface area contributed by atoms with Crippen molar-refractivity contribution in [2.24, 2.45) is 0 Å². The van der Waals surface area contributed by atoms with Crippen molar-refractivity contribution in [2.45, 2.75) is 18.2 Å². The Hall–Kier alpha value is -3.36. The van der Waals surface area contributed by atoms with Crippen LogP contribution < -0.4 is 9.64 Å². The number of hydrogen-bond acceptors (Lipinski definition) is 5. The van der Waals surface area contributed by atoms with Crippen LogP contribution in [0.5, 0.6) is 5.75 Å². The second kappa shape index (κ2) is 10.5. The molecule has 1 amide bonds. The van der Waals surface area contributed by atoms with E-state index in [0.29, 0.717) is 22.0 Å². The van der Waals surface area contributed by atoms with Crippen LogP contribution in [0, 0.1) is 12.7 Å². The number of halogens is 2. The zero-order valence-corrected chi connectivity index (χ0v) is 20.2. The van der Waals surface area contributed by atoms with E-state index in [1.807, 2.05) is 6.92 Å². The van der Waals surface area contributed by atoms with Crippen LogP contribution in [0.2, 0.25) is 5.02 Å². The van der Waals surface area contributed by atoms with Crippen LogP contribution in [-0.2, 0) is 9.59 Å². The van der Waals surface area contributed by atoms with Crippen molar-refractivity contribution >= 4 is 46.7 Å². The van der Waals surface area contributed by atoms with Crippen LogP contribution in [0.15, 0.2) is 66.7 Å². The van der Waals surface area contributed by atoms with Gasteiger partial charge >= 0.3 is 5.97 Å². The highest BCUT2D eigenvalue weighted by atomic mass is 35.5. The number of ether oxygens (including phenoxy) is 1. The molecule has 2 unspecified atom stereocenters. The van der Waals surface area contributed by atoms with E-state index < -0.39 is 29.7 Å². The molecule has 1 N–H and O–H groups in total. The molecule has 0 radical (unpaired) electrons. The lowest BCUT2D eigenvalue weighted by Gasteiger charge is -2.47. The van der Waals surface area contributed by atoms with E-state index in [0.717, 1.165) is 11.1 Å². The number of carboxylic acids is 1. The average Bonchev–Trinajstić information content (AvgIpc) is 2.84. The number of carbonyl (C=O) groups excluding carboxylic acids is 2. The number of anilines is 1. The second-order valence-corrected chi connectivity index (χ2v) is 9.54. The normalized spacial score (nSPS) is 17.1. The third-order valence-corrected chi connectivity index (χ3v) is 7.28. The van der Waals surface area contributed by atoms with Gasteiger partial charge in [0.2, 0.25) is 5.91 Å². The van der Waals surface area contributed by atoms with Crippen LogP contribution in [0.1, 0.15) is 27.5 Å². The van der Waals surface area contributed by atoms with Crippen molar-refractivity contribution in [3.63, 3.8) is 0 Å². The van der Waals surface area contributed by atoms with Crippen LogP contribution in [0.4, 0.5) is 10.1 Å². The molecule has 1 fully saturated rings. The van der Waals surface area contributed by atoms with E-state index >= 15 is 0 Å². The zero-order valence-electron chi connectivity index (χ0n) is 18.6. The molecule has 9 heteroatoms. The first-order chi connectivity index (χ1) is 16.7. The maximum Gasteiger partial charge on any atom is 0.341 e. The summed E-state index contributed by atoms with van der Waals surface area (Å²) >= 11 is 7.30. The smallest absolute Gasteiger partial charge is 0.341 e. The molecule has 3 aromatic rings. The number of carbonyl (C=O) groups is 3. The van der Waals surface area contributed by atoms with Crippen LogP contribution >= 0.6 is 23.4 Å². The molecule has 3 aromatic carbocycles. The molecule has 0 aromatic heterocycles. The topological polar surface area (TPSA) is 83.9 Å². The van der Waals surface area contributed by atoms with E-state index in [1.54, 1.807) is 47.4 Å². The summed E-state index contributed by atoms with van der Waals surface area (Å²) in [6, 6.07) is 17.1. The minimum Gasteiger partial charge on any atom is -0.482 e. The molecule has 6 nitrogen and oxygen atoms in total. The largest absolute Gasteiger partial charge is 0.482 e. The van der Waals surface area contributed by atoms with Crippen molar-refractivity contribution in [3.8, 4) is 5.75 Å². The molecular weight excluding hydrogens is 493 g/mol. The molecule has 0 aliphatic carbocycles. The Labute approximate surface area is 210 Å². The summed E-state index contributed by atoms with van der Waals surface area (Å²) in [6.07, 6.45) is 0. The quantitative estimate of drug-likeness (QED) is 0.308. The monoisotopic (exact) mass is 513 g/mol. The van der Waals surface area contributed by atoms with Gasteiger partial charge in [-0.05, 0) is 72.6 Å². The van der Waals surface area contributed by atoms with Gasteiger partial charge in [0, 0.05) is 16.3 Å². The summed E-state index contributed by atoms with van der Waals surface area (Å²) in [4.78, 5) is 38.2. The Kier molecular flexibility index (Phi) is 7.42. The van der Waals surface area contributed by atoms with Gasteiger partial charge in [-0.25, -0.2) is 9.18 Å². The Morgan fingerprint density at radius 2 is 1.77 bits per heavy atom. The number of nitrogens with zero attached hydrogens (tertiary/aromatic N) is 1. The first-order valence-electron chi connectivity index (χ1n) is 10.7. The predicted octanol–water partition coefficient (Wildman–Crippen LogP) is 5.32. The number of hydrogen-bond donors (Lipinski definition) is 1. The van der Waals surface area contributed by atoms with Crippen molar-refractivity contribution in [3.05, 3.63) is 94.3 Å². The van der Waals surface area contributed by atoms with Crippen molar-refractivity contribution in [1.29, 1.82) is 0 Å². The molecule has 1 aliphatic heterocycles. The van der Waals surface area contributed by atoms with Gasteiger partial charge in [-0.2, -0.15) is 0 Å². The summed E-state index contributed by atoms with van der Waals surface area (Å²) in [5.41, 5.74) is 2.65. The Balaban J connectivity index is 1.54. The third kappa shape index (κ3) is 5.49. The number of amides is 1. The third-order valence-electron chi connectivity index (χ3n) is 5.61. The van der Waals surface area contributed by atoms with Gasteiger partial charge in [0.25, 0.3) is 0 Å². The van der Waals surface area contributed by atoms with Crippen molar-refractivity contribution < 1.29 is 28.6 Å². The fraction of sp³-hybridized carbons (Fsp3) is 0.192.